The van der Waals surface area contributed by atoms with Gasteiger partial charge >= 0.3 is 0 Å². The molecule has 0 radical (unpaired) electrons. The summed E-state index contributed by atoms with van der Waals surface area (Å²) in [7, 11) is 0. The lowest BCUT2D eigenvalue weighted by molar-refractivity contribution is 0.369. The molecule has 40 valence electrons. The topological polar surface area (TPSA) is 15.6 Å². The predicted molar refractivity (Wildman–Crippen MR) is 33.3 cm³/mol. The first-order valence-corrected chi connectivity index (χ1v) is 3.37. The molecule has 0 bridgehead atoms. The van der Waals surface area contributed by atoms with Gasteiger partial charge in [0.25, 0.3) is 0 Å². The molecule has 2 nitrogen and oxygen atoms in total. The fourth-order valence-electron chi connectivity index (χ4n) is 0.426. The number of hydrogen-bond acceptors (Lipinski definition) is 3. The quantitative estimate of drug-likeness (QED) is 0.507. The molecule has 0 aliphatic carbocycles. The number of thioether (sulfide) groups is 1. The van der Waals surface area contributed by atoms with Gasteiger partial charge in [-0.3, -0.25) is 5.01 Å². The van der Waals surface area contributed by atoms with Crippen LogP contribution < -0.4 is 0 Å². The van der Waals surface area contributed by atoms with Crippen LogP contribution in [0.1, 0.15) is 6.92 Å². The Morgan fingerprint density at radius 1 is 2.00 bits per heavy atom. The molecule has 0 spiro atoms. The Labute approximate surface area is 47.6 Å². The smallest absolute Gasteiger partial charge is 0.0870 e. The van der Waals surface area contributed by atoms with Crippen LogP contribution in [0.4, 0.5) is 0 Å². The van der Waals surface area contributed by atoms with Crippen LogP contribution >= 0.6 is 11.8 Å². The summed E-state index contributed by atoms with van der Waals surface area (Å²) >= 11 is 1.74. The Balaban J connectivity index is 2.28. The van der Waals surface area contributed by atoms with Crippen molar-refractivity contribution in [1.82, 2.24) is 5.01 Å². The van der Waals surface area contributed by atoms with Crippen molar-refractivity contribution in [3.8, 4) is 0 Å². The molecule has 1 heterocycles. The number of rotatable bonds is 1. The van der Waals surface area contributed by atoms with Crippen molar-refractivity contribution in [2.75, 3.05) is 12.4 Å². The fraction of sp³-hybridized carbons (Fsp3) is 0.750. The second-order valence-corrected chi connectivity index (χ2v) is 2.14. The number of hydrazone groups is 1. The maximum Gasteiger partial charge on any atom is 0.0870 e. The number of nitrogens with zero attached hydrogens (tertiary/aromatic N) is 2. The summed E-state index contributed by atoms with van der Waals surface area (Å²) in [5.41, 5.74) is 1.88. The first-order chi connectivity index (χ1) is 3.43. The van der Waals surface area contributed by atoms with Gasteiger partial charge in [-0.1, -0.05) is 11.8 Å². The zero-order valence-corrected chi connectivity index (χ0v) is 5.11. The summed E-state index contributed by atoms with van der Waals surface area (Å²) in [6, 6.07) is 0. The maximum atomic E-state index is 4.03. The van der Waals surface area contributed by atoms with Crippen molar-refractivity contribution in [3.05, 3.63) is 0 Å². The highest BCUT2D eigenvalue weighted by Crippen LogP contribution is 2.07. The molecule has 3 heteroatoms. The van der Waals surface area contributed by atoms with Gasteiger partial charge in [0.1, 0.15) is 0 Å². The van der Waals surface area contributed by atoms with E-state index >= 15 is 0 Å². The Kier molecular flexibility index (Phi) is 1.57. The first kappa shape index (κ1) is 4.97. The van der Waals surface area contributed by atoms with Crippen LogP contribution in [-0.4, -0.2) is 23.0 Å². The summed E-state index contributed by atoms with van der Waals surface area (Å²) < 4.78 is 0. The zero-order valence-electron chi connectivity index (χ0n) is 4.29. The normalized spacial score (nSPS) is 18.7. The molecular formula is C4H8N2S. The van der Waals surface area contributed by atoms with Gasteiger partial charge in [0.05, 0.1) is 11.4 Å². The predicted octanol–water partition coefficient (Wildman–Crippen LogP) is 0.956. The molecule has 0 amide bonds. The van der Waals surface area contributed by atoms with Gasteiger partial charge in [0, 0.05) is 6.54 Å². The van der Waals surface area contributed by atoms with E-state index in [1.54, 1.807) is 11.8 Å². The van der Waals surface area contributed by atoms with Gasteiger partial charge in [0.2, 0.25) is 0 Å². The monoisotopic (exact) mass is 116 g/mol. The summed E-state index contributed by atoms with van der Waals surface area (Å²) in [5.74, 6) is 1.04. The van der Waals surface area contributed by atoms with Gasteiger partial charge in [-0.25, -0.2) is 0 Å². The van der Waals surface area contributed by atoms with Crippen LogP contribution in [0.15, 0.2) is 5.10 Å². The van der Waals surface area contributed by atoms with Crippen LogP contribution in [0.2, 0.25) is 0 Å². The van der Waals surface area contributed by atoms with Crippen molar-refractivity contribution in [1.29, 1.82) is 0 Å². The third-order valence-electron chi connectivity index (χ3n) is 0.874. The molecule has 0 N–H and O–H groups in total. The van der Waals surface area contributed by atoms with E-state index in [1.807, 2.05) is 10.6 Å². The van der Waals surface area contributed by atoms with Crippen LogP contribution in [0, 0.1) is 0 Å². The minimum atomic E-state index is 1.03. The molecule has 0 saturated heterocycles. The van der Waals surface area contributed by atoms with Gasteiger partial charge in [-0.05, 0) is 6.92 Å². The minimum Gasteiger partial charge on any atom is -0.286 e. The van der Waals surface area contributed by atoms with E-state index in [0.29, 0.717) is 0 Å². The molecule has 0 fully saturated rings. The van der Waals surface area contributed by atoms with E-state index in [9.17, 15) is 0 Å². The van der Waals surface area contributed by atoms with E-state index in [4.69, 9.17) is 0 Å². The third-order valence-corrected chi connectivity index (χ3v) is 1.56. The average molecular weight is 116 g/mol. The number of hydrogen-bond donors (Lipinski definition) is 0. The van der Waals surface area contributed by atoms with Gasteiger partial charge in [-0.15, -0.1) is 0 Å². The van der Waals surface area contributed by atoms with E-state index in [0.717, 1.165) is 12.4 Å². The van der Waals surface area contributed by atoms with Crippen molar-refractivity contribution < 1.29 is 0 Å². The Bertz CT molecular complexity index is 81.8. The summed E-state index contributed by atoms with van der Waals surface area (Å²) in [5, 5.41) is 6.04. The highest BCUT2D eigenvalue weighted by molar-refractivity contribution is 8.12. The molecule has 0 unspecified atom stereocenters. The first-order valence-electron chi connectivity index (χ1n) is 2.32. The standard InChI is InChI=1S/C4H8N2S/c1-2-6-4-7-3-5-6/h3H,2,4H2,1H3. The third kappa shape index (κ3) is 1.09. The van der Waals surface area contributed by atoms with Crippen LogP contribution in [0.25, 0.3) is 0 Å². The molecule has 0 aromatic rings. The largest absolute Gasteiger partial charge is 0.286 e. The summed E-state index contributed by atoms with van der Waals surface area (Å²) in [4.78, 5) is 0. The molecule has 1 aliphatic heterocycles. The second kappa shape index (κ2) is 2.21. The lowest BCUT2D eigenvalue weighted by atomic mass is 10.7. The average Bonchev–Trinajstić information content (AvgIpc) is 2.14. The van der Waals surface area contributed by atoms with Crippen LogP contribution in [0.5, 0.6) is 0 Å². The van der Waals surface area contributed by atoms with Crippen molar-refractivity contribution in [2.24, 2.45) is 5.10 Å². The van der Waals surface area contributed by atoms with Gasteiger partial charge in [-0.2, -0.15) is 5.10 Å². The lowest BCUT2D eigenvalue weighted by Gasteiger charge is -2.06. The minimum absolute atomic E-state index is 1.03. The lowest BCUT2D eigenvalue weighted by Crippen LogP contribution is -2.10. The van der Waals surface area contributed by atoms with Crippen molar-refractivity contribution in [2.45, 2.75) is 6.92 Å². The Hall–Kier alpha value is -0.180. The molecule has 0 aromatic heterocycles. The maximum absolute atomic E-state index is 4.03. The molecule has 0 atom stereocenters. The van der Waals surface area contributed by atoms with E-state index in [1.165, 1.54) is 0 Å². The molecule has 0 aromatic carbocycles. The Morgan fingerprint density at radius 2 is 2.86 bits per heavy atom. The second-order valence-electron chi connectivity index (χ2n) is 1.34. The molecule has 1 aliphatic rings. The van der Waals surface area contributed by atoms with Crippen LogP contribution in [0.3, 0.4) is 0 Å². The van der Waals surface area contributed by atoms with Crippen LogP contribution in [-0.2, 0) is 0 Å². The summed E-state index contributed by atoms with van der Waals surface area (Å²) in [6.45, 7) is 3.13. The highest BCUT2D eigenvalue weighted by atomic mass is 32.2. The van der Waals surface area contributed by atoms with Crippen molar-refractivity contribution in [3.63, 3.8) is 0 Å². The molecule has 1 rings (SSSR count). The summed E-state index contributed by atoms with van der Waals surface area (Å²) in [6.07, 6.45) is 0. The zero-order chi connectivity index (χ0) is 5.11. The van der Waals surface area contributed by atoms with Crippen molar-refractivity contribution >= 4 is 17.3 Å². The fourth-order valence-corrected chi connectivity index (χ4v) is 1.11. The Morgan fingerprint density at radius 3 is 3.14 bits per heavy atom. The SMILES string of the molecule is CCN1CSC=N1. The molecule has 0 saturated carbocycles. The molecule has 7 heavy (non-hydrogen) atoms. The highest BCUT2D eigenvalue weighted by Gasteiger charge is 1.99. The van der Waals surface area contributed by atoms with Gasteiger partial charge in [0.15, 0.2) is 0 Å². The molecular weight excluding hydrogens is 108 g/mol. The van der Waals surface area contributed by atoms with Gasteiger partial charge < -0.3 is 0 Å². The van der Waals surface area contributed by atoms with E-state index < -0.39 is 0 Å². The van der Waals surface area contributed by atoms with E-state index in [-0.39, 0.29) is 0 Å². The van der Waals surface area contributed by atoms with E-state index in [2.05, 4.69) is 12.0 Å².